The average molecular weight is 212 g/mol. The Morgan fingerprint density at radius 1 is 1.21 bits per heavy atom. The van der Waals surface area contributed by atoms with E-state index in [1.54, 1.807) is 0 Å². The van der Waals surface area contributed by atoms with E-state index in [-0.39, 0.29) is 0 Å². The van der Waals surface area contributed by atoms with E-state index in [4.69, 9.17) is 0 Å². The fourth-order valence-corrected chi connectivity index (χ4v) is 2.59. The minimum Gasteiger partial charge on any atom is -0.302 e. The van der Waals surface area contributed by atoms with Gasteiger partial charge in [-0.15, -0.1) is 0 Å². The molecule has 0 spiro atoms. The summed E-state index contributed by atoms with van der Waals surface area (Å²) in [4.78, 5) is 3.80. The summed E-state index contributed by atoms with van der Waals surface area (Å²) in [6.07, 6.45) is 2.24. The second kappa shape index (κ2) is 3.87. The lowest BCUT2D eigenvalue weighted by Gasteiger charge is -2.27. The molecule has 0 aromatic carbocycles. The molecule has 1 fully saturated rings. The zero-order valence-electron chi connectivity index (χ0n) is 9.16. The first-order chi connectivity index (χ1) is 6.66. The molecular weight excluding hydrogens is 194 g/mol. The number of aryl methyl sites for hydroxylation is 2. The van der Waals surface area contributed by atoms with Crippen molar-refractivity contribution in [2.24, 2.45) is 0 Å². The molecule has 0 unspecified atom stereocenters. The largest absolute Gasteiger partial charge is 0.302 e. The predicted octanol–water partition coefficient (Wildman–Crippen LogP) is 0.536. The van der Waals surface area contributed by atoms with Crippen LogP contribution in [0.25, 0.3) is 0 Å². The molecule has 0 amide bonds. The van der Waals surface area contributed by atoms with Crippen LogP contribution in [0.4, 0.5) is 0 Å². The third-order valence-electron chi connectivity index (χ3n) is 2.85. The molecule has 0 radical (unpaired) electrons. The van der Waals surface area contributed by atoms with Crippen molar-refractivity contribution in [3.8, 4) is 0 Å². The van der Waals surface area contributed by atoms with Gasteiger partial charge in [-0.3, -0.25) is 0 Å². The molecule has 0 atom stereocenters. The summed E-state index contributed by atoms with van der Waals surface area (Å²) in [5.41, 5.74) is 1.40. The van der Waals surface area contributed by atoms with Crippen LogP contribution in [0.15, 0.2) is 6.20 Å². The second-order valence-corrected chi connectivity index (χ2v) is 5.19. The third-order valence-corrected chi connectivity index (χ3v) is 3.97. The Morgan fingerprint density at radius 2 is 1.86 bits per heavy atom. The first kappa shape index (κ1) is 9.93. The van der Waals surface area contributed by atoms with Gasteiger partial charge in [-0.2, -0.15) is 5.01 Å². The van der Waals surface area contributed by atoms with E-state index >= 15 is 0 Å². The number of hydrogen-bond acceptors (Lipinski definition) is 3. The van der Waals surface area contributed by atoms with Crippen molar-refractivity contribution >= 4 is 11.5 Å². The number of nitrogens with zero attached hydrogens (tertiary/aromatic N) is 3. The Hall–Kier alpha value is -0.610. The number of rotatable bonds is 1. The van der Waals surface area contributed by atoms with Crippen molar-refractivity contribution in [2.75, 3.05) is 38.2 Å². The fraction of sp³-hybridized carbons (Fsp3) is 0.700. The van der Waals surface area contributed by atoms with Crippen molar-refractivity contribution in [3.63, 3.8) is 0 Å². The third kappa shape index (κ3) is 1.91. The lowest BCUT2D eigenvalue weighted by atomic mass is 10.3. The van der Waals surface area contributed by atoms with Gasteiger partial charge >= 0.3 is 0 Å². The van der Waals surface area contributed by atoms with Gasteiger partial charge in [0.1, 0.15) is 0 Å². The summed E-state index contributed by atoms with van der Waals surface area (Å²) >= 11 is 1.85. The summed E-state index contributed by atoms with van der Waals surface area (Å²) in [6, 6.07) is 0. The van der Waals surface area contributed by atoms with E-state index in [1.165, 1.54) is 23.5 Å². The summed E-state index contributed by atoms with van der Waals surface area (Å²) in [5.74, 6) is 0. The molecule has 0 bridgehead atoms. The van der Waals surface area contributed by atoms with Crippen molar-refractivity contribution in [1.29, 1.82) is 0 Å². The Bertz CT molecular complexity index is 294. The molecular formula is C10H18N3S+. The SMILES string of the molecule is Cc1c[n+](N2CCN(C)CC2)sc1C. The Kier molecular flexibility index (Phi) is 2.74. The predicted molar refractivity (Wildman–Crippen MR) is 59.4 cm³/mol. The molecule has 78 valence electrons. The van der Waals surface area contributed by atoms with Crippen LogP contribution in [0.5, 0.6) is 0 Å². The van der Waals surface area contributed by atoms with E-state index in [0.717, 1.165) is 13.1 Å². The van der Waals surface area contributed by atoms with Gasteiger partial charge in [0, 0.05) is 18.7 Å². The highest BCUT2D eigenvalue weighted by molar-refractivity contribution is 7.01. The van der Waals surface area contributed by atoms with E-state index < -0.39 is 0 Å². The summed E-state index contributed by atoms with van der Waals surface area (Å²) in [6.45, 7) is 8.98. The van der Waals surface area contributed by atoms with Gasteiger partial charge in [-0.25, -0.2) is 0 Å². The first-order valence-electron chi connectivity index (χ1n) is 5.10. The Morgan fingerprint density at radius 3 is 2.36 bits per heavy atom. The molecule has 14 heavy (non-hydrogen) atoms. The van der Waals surface area contributed by atoms with Crippen LogP contribution in [0.2, 0.25) is 0 Å². The molecule has 0 saturated carbocycles. The normalized spacial score (nSPS) is 18.9. The van der Waals surface area contributed by atoms with Gasteiger partial charge in [0.25, 0.3) is 0 Å². The fourth-order valence-electron chi connectivity index (χ4n) is 1.63. The van der Waals surface area contributed by atoms with Gasteiger partial charge in [-0.05, 0) is 25.0 Å². The lowest BCUT2D eigenvalue weighted by Crippen LogP contribution is -2.62. The molecule has 1 aromatic rings. The summed E-state index contributed by atoms with van der Waals surface area (Å²) in [7, 11) is 2.19. The maximum absolute atomic E-state index is 2.42. The zero-order chi connectivity index (χ0) is 10.1. The number of likely N-dealkylation sites (N-methyl/N-ethyl adjacent to an activating group) is 1. The van der Waals surface area contributed by atoms with Crippen molar-refractivity contribution in [1.82, 2.24) is 4.90 Å². The highest BCUT2D eigenvalue weighted by Gasteiger charge is 2.22. The van der Waals surface area contributed by atoms with Crippen LogP contribution in [0, 0.1) is 13.8 Å². The van der Waals surface area contributed by atoms with Gasteiger partial charge in [-0.1, -0.05) is 0 Å². The number of piperazine rings is 1. The van der Waals surface area contributed by atoms with Crippen LogP contribution in [-0.4, -0.2) is 38.1 Å². The van der Waals surface area contributed by atoms with Gasteiger partial charge in [0.05, 0.1) is 18.0 Å². The quantitative estimate of drug-likeness (QED) is 0.629. The molecule has 1 saturated heterocycles. The maximum atomic E-state index is 2.42. The minimum absolute atomic E-state index is 1.14. The number of aromatic nitrogens is 1. The van der Waals surface area contributed by atoms with Crippen LogP contribution in [-0.2, 0) is 0 Å². The summed E-state index contributed by atoms with van der Waals surface area (Å²) < 4.78 is 2.29. The Labute approximate surface area is 89.7 Å². The molecule has 1 aliphatic heterocycles. The summed E-state index contributed by atoms with van der Waals surface area (Å²) in [5, 5.41) is 2.42. The zero-order valence-corrected chi connectivity index (χ0v) is 9.97. The molecule has 2 rings (SSSR count). The van der Waals surface area contributed by atoms with Crippen molar-refractivity contribution in [2.45, 2.75) is 13.8 Å². The smallest absolute Gasteiger partial charge is 0.219 e. The Balaban J connectivity index is 2.08. The van der Waals surface area contributed by atoms with Crippen LogP contribution in [0.3, 0.4) is 0 Å². The van der Waals surface area contributed by atoms with Crippen molar-refractivity contribution < 1.29 is 4.07 Å². The first-order valence-corrected chi connectivity index (χ1v) is 5.87. The minimum atomic E-state index is 1.14. The highest BCUT2D eigenvalue weighted by atomic mass is 32.1. The molecule has 0 N–H and O–H groups in total. The average Bonchev–Trinajstić information content (AvgIpc) is 2.48. The number of hydrogen-bond donors (Lipinski definition) is 0. The standard InChI is InChI=1S/C10H18N3S/c1-9-8-13(14-10(9)2)12-6-4-11(3)5-7-12/h8H,4-7H2,1-3H3/q+1. The monoisotopic (exact) mass is 212 g/mol. The van der Waals surface area contributed by atoms with E-state index in [2.05, 4.69) is 41.1 Å². The molecule has 2 heterocycles. The highest BCUT2D eigenvalue weighted by Crippen LogP contribution is 2.08. The molecule has 4 heteroatoms. The molecule has 3 nitrogen and oxygen atoms in total. The van der Waals surface area contributed by atoms with Crippen LogP contribution >= 0.6 is 11.5 Å². The van der Waals surface area contributed by atoms with Crippen LogP contribution in [0.1, 0.15) is 10.4 Å². The van der Waals surface area contributed by atoms with Crippen molar-refractivity contribution in [3.05, 3.63) is 16.6 Å². The molecule has 1 aromatic heterocycles. The molecule has 1 aliphatic rings. The lowest BCUT2D eigenvalue weighted by molar-refractivity contribution is -0.627. The van der Waals surface area contributed by atoms with E-state index in [0.29, 0.717) is 0 Å². The van der Waals surface area contributed by atoms with Crippen LogP contribution < -0.4 is 9.07 Å². The topological polar surface area (TPSA) is 10.4 Å². The molecule has 0 aliphatic carbocycles. The van der Waals surface area contributed by atoms with Gasteiger partial charge < -0.3 is 4.90 Å². The second-order valence-electron chi connectivity index (χ2n) is 4.02. The van der Waals surface area contributed by atoms with Gasteiger partial charge in [0.15, 0.2) is 11.5 Å². The maximum Gasteiger partial charge on any atom is 0.219 e. The van der Waals surface area contributed by atoms with E-state index in [1.807, 2.05) is 11.5 Å². The van der Waals surface area contributed by atoms with E-state index in [9.17, 15) is 0 Å². The van der Waals surface area contributed by atoms with Gasteiger partial charge in [0.2, 0.25) is 6.20 Å².